The summed E-state index contributed by atoms with van der Waals surface area (Å²) in [5, 5.41) is 9.09. The van der Waals surface area contributed by atoms with Gasteiger partial charge in [-0.3, -0.25) is 0 Å². The Labute approximate surface area is 76.5 Å². The molecule has 0 spiro atoms. The van der Waals surface area contributed by atoms with E-state index in [0.29, 0.717) is 12.8 Å². The first-order valence-corrected chi connectivity index (χ1v) is 3.71. The summed E-state index contributed by atoms with van der Waals surface area (Å²) < 4.78 is 25.5. The second-order valence-corrected chi connectivity index (χ2v) is 3.52. The van der Waals surface area contributed by atoms with Gasteiger partial charge in [-0.2, -0.15) is 0 Å². The van der Waals surface area contributed by atoms with Crippen molar-refractivity contribution in [1.29, 1.82) is 0 Å². The summed E-state index contributed by atoms with van der Waals surface area (Å²) >= 11 is 0. The molecule has 0 radical (unpaired) electrons. The van der Waals surface area contributed by atoms with E-state index in [4.69, 9.17) is 10.8 Å². The van der Waals surface area contributed by atoms with E-state index >= 15 is 0 Å². The highest BCUT2D eigenvalue weighted by Crippen LogP contribution is 2.37. The minimum atomic E-state index is -3.00. The molecule has 0 amide bonds. The highest BCUT2D eigenvalue weighted by atomic mass is 35.5. The van der Waals surface area contributed by atoms with Gasteiger partial charge in [-0.25, -0.2) is 8.78 Å². The summed E-state index contributed by atoms with van der Waals surface area (Å²) in [6.07, 6.45) is -1.09. The topological polar surface area (TPSA) is 46.2 Å². The molecule has 1 aliphatic carbocycles. The van der Waals surface area contributed by atoms with Gasteiger partial charge < -0.3 is 10.8 Å². The molecule has 3 N–H and O–H groups in total. The average Bonchev–Trinajstić information content (AvgIpc) is 1.82. The summed E-state index contributed by atoms with van der Waals surface area (Å²) in [6, 6.07) is 0. The molecule has 74 valence electrons. The van der Waals surface area contributed by atoms with Gasteiger partial charge in [-0.05, 0) is 19.8 Å². The van der Waals surface area contributed by atoms with E-state index < -0.39 is 17.6 Å². The number of halogens is 3. The zero-order valence-corrected chi connectivity index (χ0v) is 7.70. The zero-order valence-electron chi connectivity index (χ0n) is 6.89. The van der Waals surface area contributed by atoms with Gasteiger partial charge in [0.1, 0.15) is 6.10 Å². The van der Waals surface area contributed by atoms with Gasteiger partial charge >= 0.3 is 0 Å². The summed E-state index contributed by atoms with van der Waals surface area (Å²) in [4.78, 5) is 0. The van der Waals surface area contributed by atoms with Crippen molar-refractivity contribution >= 4 is 12.4 Å². The van der Waals surface area contributed by atoms with Crippen molar-refractivity contribution in [2.45, 2.75) is 43.8 Å². The molecule has 2 nitrogen and oxygen atoms in total. The van der Waals surface area contributed by atoms with Crippen LogP contribution in [0, 0.1) is 0 Å². The molecule has 0 saturated heterocycles. The van der Waals surface area contributed by atoms with Crippen molar-refractivity contribution in [3.63, 3.8) is 0 Å². The quantitative estimate of drug-likeness (QED) is 0.621. The van der Waals surface area contributed by atoms with Crippen molar-refractivity contribution in [2.24, 2.45) is 5.73 Å². The number of nitrogens with two attached hydrogens (primary N) is 1. The third kappa shape index (κ3) is 2.06. The molecular weight excluding hydrogens is 188 g/mol. The van der Waals surface area contributed by atoms with Crippen molar-refractivity contribution in [3.05, 3.63) is 0 Å². The Morgan fingerprint density at radius 1 is 1.42 bits per heavy atom. The number of aliphatic hydroxyl groups is 1. The Morgan fingerprint density at radius 2 is 1.92 bits per heavy atom. The van der Waals surface area contributed by atoms with Crippen LogP contribution in [0.1, 0.15) is 26.2 Å². The van der Waals surface area contributed by atoms with Crippen LogP contribution < -0.4 is 5.73 Å². The standard InChI is InChI=1S/C7H13F2NO.ClH/c1-6(10)3-2-4-7(8,9)5(6)11;/h5,11H,2-4,10H2,1H3;1H/t5-,6+;/m0./s1. The molecule has 5 heteroatoms. The molecule has 1 aliphatic rings. The van der Waals surface area contributed by atoms with E-state index in [9.17, 15) is 8.78 Å². The maximum atomic E-state index is 12.8. The molecule has 0 heterocycles. The smallest absolute Gasteiger partial charge is 0.275 e. The minimum absolute atomic E-state index is 0. The van der Waals surface area contributed by atoms with Crippen molar-refractivity contribution < 1.29 is 13.9 Å². The molecular formula is C7H14ClF2NO. The summed E-state index contributed by atoms with van der Waals surface area (Å²) in [6.45, 7) is 1.46. The van der Waals surface area contributed by atoms with E-state index in [2.05, 4.69) is 0 Å². The van der Waals surface area contributed by atoms with Gasteiger partial charge in [0.05, 0.1) is 0 Å². The maximum absolute atomic E-state index is 12.8. The van der Waals surface area contributed by atoms with Crippen molar-refractivity contribution in [1.82, 2.24) is 0 Å². The van der Waals surface area contributed by atoms with Crippen LogP contribution in [0.2, 0.25) is 0 Å². The lowest BCUT2D eigenvalue weighted by Gasteiger charge is -2.39. The Bertz CT molecular complexity index is 147. The van der Waals surface area contributed by atoms with Crippen LogP contribution >= 0.6 is 12.4 Å². The number of hydrogen-bond donors (Lipinski definition) is 2. The van der Waals surface area contributed by atoms with Crippen LogP contribution in [-0.4, -0.2) is 22.7 Å². The Balaban J connectivity index is 0.00000121. The maximum Gasteiger partial charge on any atom is 0.275 e. The van der Waals surface area contributed by atoms with Crippen LogP contribution in [0.25, 0.3) is 0 Å². The highest BCUT2D eigenvalue weighted by molar-refractivity contribution is 5.85. The number of hydrogen-bond acceptors (Lipinski definition) is 2. The lowest BCUT2D eigenvalue weighted by Crippen LogP contribution is -2.59. The average molecular weight is 202 g/mol. The predicted octanol–water partition coefficient (Wildman–Crippen LogP) is 1.31. The molecule has 12 heavy (non-hydrogen) atoms. The van der Waals surface area contributed by atoms with Gasteiger partial charge in [-0.15, -0.1) is 12.4 Å². The fraction of sp³-hybridized carbons (Fsp3) is 1.00. The summed E-state index contributed by atoms with van der Waals surface area (Å²) in [7, 11) is 0. The van der Waals surface area contributed by atoms with Crippen LogP contribution in [0.3, 0.4) is 0 Å². The molecule has 0 aliphatic heterocycles. The van der Waals surface area contributed by atoms with Gasteiger partial charge in [0.15, 0.2) is 0 Å². The highest BCUT2D eigenvalue weighted by Gasteiger charge is 2.50. The molecule has 1 rings (SSSR count). The summed E-state index contributed by atoms with van der Waals surface area (Å²) in [5.74, 6) is -3.00. The largest absolute Gasteiger partial charge is 0.385 e. The Hall–Kier alpha value is 0.0700. The third-order valence-electron chi connectivity index (χ3n) is 2.25. The van der Waals surface area contributed by atoms with Crippen molar-refractivity contribution in [3.8, 4) is 0 Å². The molecule has 2 atom stereocenters. The fourth-order valence-electron chi connectivity index (χ4n) is 1.46. The van der Waals surface area contributed by atoms with Crippen LogP contribution in [0.4, 0.5) is 8.78 Å². The van der Waals surface area contributed by atoms with Crippen LogP contribution in [0.5, 0.6) is 0 Å². The molecule has 1 saturated carbocycles. The lowest BCUT2D eigenvalue weighted by molar-refractivity contribution is -0.158. The summed E-state index contributed by atoms with van der Waals surface area (Å²) in [5.41, 5.74) is 4.34. The molecule has 0 aromatic rings. The first kappa shape index (κ1) is 12.1. The number of aliphatic hydroxyl groups excluding tert-OH is 1. The van der Waals surface area contributed by atoms with Crippen molar-refractivity contribution in [2.75, 3.05) is 0 Å². The van der Waals surface area contributed by atoms with Gasteiger partial charge in [0, 0.05) is 12.0 Å². The van der Waals surface area contributed by atoms with E-state index in [1.165, 1.54) is 6.92 Å². The van der Waals surface area contributed by atoms with Gasteiger partial charge in [-0.1, -0.05) is 0 Å². The van der Waals surface area contributed by atoms with Gasteiger partial charge in [0.25, 0.3) is 5.92 Å². The predicted molar refractivity (Wildman–Crippen MR) is 44.6 cm³/mol. The Kier molecular flexibility index (Phi) is 3.46. The first-order chi connectivity index (χ1) is 4.86. The molecule has 0 aromatic carbocycles. The van der Waals surface area contributed by atoms with Crippen LogP contribution in [-0.2, 0) is 0 Å². The normalized spacial score (nSPS) is 40.2. The molecule has 0 bridgehead atoms. The number of alkyl halides is 2. The second-order valence-electron chi connectivity index (χ2n) is 3.52. The molecule has 1 fully saturated rings. The zero-order chi connectivity index (χ0) is 8.70. The molecule has 0 aromatic heterocycles. The first-order valence-electron chi connectivity index (χ1n) is 3.71. The third-order valence-corrected chi connectivity index (χ3v) is 2.25. The van der Waals surface area contributed by atoms with Crippen LogP contribution in [0.15, 0.2) is 0 Å². The van der Waals surface area contributed by atoms with E-state index in [-0.39, 0.29) is 18.8 Å². The SMILES string of the molecule is C[C@@]1(N)CCCC(F)(F)[C@H]1O.Cl. The van der Waals surface area contributed by atoms with E-state index in [1.54, 1.807) is 0 Å². The lowest BCUT2D eigenvalue weighted by atomic mass is 9.79. The number of rotatable bonds is 0. The fourth-order valence-corrected chi connectivity index (χ4v) is 1.46. The van der Waals surface area contributed by atoms with E-state index in [1.807, 2.05) is 0 Å². The molecule has 0 unspecified atom stereocenters. The monoisotopic (exact) mass is 201 g/mol. The Morgan fingerprint density at radius 3 is 2.25 bits per heavy atom. The van der Waals surface area contributed by atoms with E-state index in [0.717, 1.165) is 0 Å². The minimum Gasteiger partial charge on any atom is -0.385 e. The van der Waals surface area contributed by atoms with Gasteiger partial charge in [0.2, 0.25) is 0 Å². The second kappa shape index (κ2) is 3.44.